The van der Waals surface area contributed by atoms with E-state index in [-0.39, 0.29) is 0 Å². The zero-order chi connectivity index (χ0) is 9.03. The molecule has 0 bridgehead atoms. The van der Waals surface area contributed by atoms with Gasteiger partial charge in [0.15, 0.2) is 0 Å². The molecule has 0 aromatic carbocycles. The maximum atomic E-state index is 9.44. The largest absolute Gasteiger partial charge is 0.390 e. The van der Waals surface area contributed by atoms with Crippen molar-refractivity contribution < 1.29 is 5.11 Å². The first-order valence-corrected chi connectivity index (χ1v) is 5.83. The molecule has 0 unspecified atom stereocenters. The van der Waals surface area contributed by atoms with E-state index in [2.05, 4.69) is 17.5 Å². The van der Waals surface area contributed by atoms with Crippen LogP contribution in [0.3, 0.4) is 0 Å². The normalized spacial score (nSPS) is 11.9. The molecule has 1 aromatic heterocycles. The van der Waals surface area contributed by atoms with E-state index >= 15 is 0 Å². The molecule has 0 aliphatic carbocycles. The Kier molecular flexibility index (Phi) is 3.62. The Balaban J connectivity index is 2.20. The summed E-state index contributed by atoms with van der Waals surface area (Å²) >= 11 is 3.57. The molecule has 1 nitrogen and oxygen atoms in total. The molecule has 0 aliphatic rings. The first kappa shape index (κ1) is 10.1. The van der Waals surface area contributed by atoms with Gasteiger partial charge in [0.2, 0.25) is 0 Å². The molecular formula is C9H14OS2. The van der Waals surface area contributed by atoms with Gasteiger partial charge in [0.1, 0.15) is 0 Å². The van der Waals surface area contributed by atoms with Gasteiger partial charge < -0.3 is 5.11 Å². The van der Waals surface area contributed by atoms with Crippen LogP contribution in [0.1, 0.15) is 20.3 Å². The summed E-state index contributed by atoms with van der Waals surface area (Å²) in [4.78, 5) is 0. The van der Waals surface area contributed by atoms with Gasteiger partial charge in [0.25, 0.3) is 0 Å². The Labute approximate surface area is 81.8 Å². The second-order valence-electron chi connectivity index (χ2n) is 3.34. The Hall–Kier alpha value is 0.01000. The van der Waals surface area contributed by atoms with Crippen molar-refractivity contribution in [2.75, 3.05) is 5.75 Å². The summed E-state index contributed by atoms with van der Waals surface area (Å²) in [7, 11) is 0. The van der Waals surface area contributed by atoms with Crippen molar-refractivity contribution in [3.63, 3.8) is 0 Å². The van der Waals surface area contributed by atoms with Gasteiger partial charge >= 0.3 is 0 Å². The minimum absolute atomic E-state index is 0.524. The molecule has 12 heavy (non-hydrogen) atoms. The maximum Gasteiger partial charge on any atom is 0.0599 e. The van der Waals surface area contributed by atoms with E-state index in [1.165, 1.54) is 4.21 Å². The molecule has 0 radical (unpaired) electrons. The van der Waals surface area contributed by atoms with Crippen LogP contribution in [0, 0.1) is 0 Å². The number of thiophene rings is 1. The van der Waals surface area contributed by atoms with Crippen LogP contribution in [0.25, 0.3) is 0 Å². The van der Waals surface area contributed by atoms with Crippen molar-refractivity contribution in [3.05, 3.63) is 17.5 Å². The topological polar surface area (TPSA) is 20.2 Å². The lowest BCUT2D eigenvalue weighted by Gasteiger charge is -2.15. The van der Waals surface area contributed by atoms with Crippen molar-refractivity contribution in [1.29, 1.82) is 0 Å². The minimum atomic E-state index is -0.524. The molecule has 0 spiro atoms. The second-order valence-corrected chi connectivity index (χ2v) is 5.69. The fourth-order valence-corrected chi connectivity index (χ4v) is 2.86. The van der Waals surface area contributed by atoms with E-state index in [1.807, 2.05) is 25.6 Å². The molecule has 0 saturated heterocycles. The molecule has 1 N–H and O–H groups in total. The maximum absolute atomic E-state index is 9.44. The van der Waals surface area contributed by atoms with Gasteiger partial charge in [-0.05, 0) is 31.7 Å². The summed E-state index contributed by atoms with van der Waals surface area (Å²) in [5, 5.41) is 11.5. The van der Waals surface area contributed by atoms with Crippen LogP contribution < -0.4 is 0 Å². The summed E-state index contributed by atoms with van der Waals surface area (Å²) < 4.78 is 1.33. The molecule has 0 amide bonds. The number of hydrogen-bond donors (Lipinski definition) is 1. The minimum Gasteiger partial charge on any atom is -0.390 e. The fourth-order valence-electron chi connectivity index (χ4n) is 0.747. The third-order valence-electron chi connectivity index (χ3n) is 1.45. The average molecular weight is 202 g/mol. The molecule has 3 heteroatoms. The molecule has 68 valence electrons. The molecule has 0 aliphatic heterocycles. The standard InChI is InChI=1S/C9H14OS2/c1-9(2,10)5-7-12-8-4-3-6-11-8/h3-4,6,10H,5,7H2,1-2H3. The van der Waals surface area contributed by atoms with Crippen molar-refractivity contribution in [2.45, 2.75) is 30.1 Å². The van der Waals surface area contributed by atoms with Gasteiger partial charge in [-0.15, -0.1) is 23.1 Å². The quantitative estimate of drug-likeness (QED) is 0.757. The highest BCUT2D eigenvalue weighted by Gasteiger charge is 2.11. The molecular weight excluding hydrogens is 188 g/mol. The molecule has 0 saturated carbocycles. The fraction of sp³-hybridized carbons (Fsp3) is 0.556. The van der Waals surface area contributed by atoms with Gasteiger partial charge in [-0.3, -0.25) is 0 Å². The molecule has 1 heterocycles. The average Bonchev–Trinajstić information content (AvgIpc) is 2.36. The van der Waals surface area contributed by atoms with E-state index in [9.17, 15) is 5.11 Å². The van der Waals surface area contributed by atoms with E-state index in [4.69, 9.17) is 0 Å². The van der Waals surface area contributed by atoms with Crippen LogP contribution in [-0.2, 0) is 0 Å². The second kappa shape index (κ2) is 4.30. The van der Waals surface area contributed by atoms with Gasteiger partial charge in [0, 0.05) is 5.75 Å². The van der Waals surface area contributed by atoms with Gasteiger partial charge in [0.05, 0.1) is 9.81 Å². The smallest absolute Gasteiger partial charge is 0.0599 e. The summed E-state index contributed by atoms with van der Waals surface area (Å²) in [6, 6.07) is 4.16. The number of aliphatic hydroxyl groups is 1. The van der Waals surface area contributed by atoms with E-state index < -0.39 is 5.60 Å². The Morgan fingerprint density at radius 2 is 2.33 bits per heavy atom. The molecule has 0 atom stereocenters. The van der Waals surface area contributed by atoms with Crippen molar-refractivity contribution in [1.82, 2.24) is 0 Å². The number of hydrogen-bond acceptors (Lipinski definition) is 3. The lowest BCUT2D eigenvalue weighted by atomic mass is 10.1. The molecule has 0 fully saturated rings. The van der Waals surface area contributed by atoms with Crippen LogP contribution in [0.15, 0.2) is 21.7 Å². The van der Waals surface area contributed by atoms with Crippen molar-refractivity contribution >= 4 is 23.1 Å². The molecule has 1 rings (SSSR count). The van der Waals surface area contributed by atoms with Crippen molar-refractivity contribution in [3.8, 4) is 0 Å². The molecule has 1 aromatic rings. The summed E-state index contributed by atoms with van der Waals surface area (Å²) in [6.07, 6.45) is 0.843. The van der Waals surface area contributed by atoms with Crippen LogP contribution in [0.5, 0.6) is 0 Å². The van der Waals surface area contributed by atoms with Crippen LogP contribution in [0.2, 0.25) is 0 Å². The Morgan fingerprint density at radius 1 is 1.58 bits per heavy atom. The van der Waals surface area contributed by atoms with E-state index in [0.29, 0.717) is 0 Å². The van der Waals surface area contributed by atoms with Crippen LogP contribution in [-0.4, -0.2) is 16.5 Å². The van der Waals surface area contributed by atoms with Crippen LogP contribution >= 0.6 is 23.1 Å². The predicted octanol–water partition coefficient (Wildman–Crippen LogP) is 3.00. The lowest BCUT2D eigenvalue weighted by molar-refractivity contribution is 0.0778. The Morgan fingerprint density at radius 3 is 2.83 bits per heavy atom. The highest BCUT2D eigenvalue weighted by atomic mass is 32.2. The number of rotatable bonds is 4. The van der Waals surface area contributed by atoms with E-state index in [0.717, 1.165) is 12.2 Å². The predicted molar refractivity (Wildman–Crippen MR) is 56.0 cm³/mol. The van der Waals surface area contributed by atoms with Gasteiger partial charge in [-0.25, -0.2) is 0 Å². The van der Waals surface area contributed by atoms with Gasteiger partial charge in [-0.2, -0.15) is 0 Å². The summed E-state index contributed by atoms with van der Waals surface area (Å²) in [5.41, 5.74) is -0.524. The highest BCUT2D eigenvalue weighted by molar-refractivity contribution is 8.01. The van der Waals surface area contributed by atoms with Crippen molar-refractivity contribution in [2.24, 2.45) is 0 Å². The number of thioether (sulfide) groups is 1. The third-order valence-corrected chi connectivity index (χ3v) is 3.59. The van der Waals surface area contributed by atoms with Gasteiger partial charge in [-0.1, -0.05) is 6.07 Å². The summed E-state index contributed by atoms with van der Waals surface area (Å²) in [5.74, 6) is 0.990. The zero-order valence-corrected chi connectivity index (χ0v) is 9.04. The SMILES string of the molecule is CC(C)(O)CCSc1cccs1. The summed E-state index contributed by atoms with van der Waals surface area (Å²) in [6.45, 7) is 3.70. The lowest BCUT2D eigenvalue weighted by Crippen LogP contribution is -2.18. The van der Waals surface area contributed by atoms with E-state index in [1.54, 1.807) is 11.3 Å². The monoisotopic (exact) mass is 202 g/mol. The third kappa shape index (κ3) is 4.14. The first-order chi connectivity index (χ1) is 5.58. The van der Waals surface area contributed by atoms with Crippen LogP contribution in [0.4, 0.5) is 0 Å². The first-order valence-electron chi connectivity index (χ1n) is 3.97. The zero-order valence-electron chi connectivity index (χ0n) is 7.41. The highest BCUT2D eigenvalue weighted by Crippen LogP contribution is 2.25. The Bertz CT molecular complexity index is 211.